The van der Waals surface area contributed by atoms with Gasteiger partial charge in [0.05, 0.1) is 35.3 Å². The number of hydrogen-bond acceptors (Lipinski definition) is 5. The van der Waals surface area contributed by atoms with E-state index in [1.54, 1.807) is 73.7 Å². The third-order valence-corrected chi connectivity index (χ3v) is 9.39. The van der Waals surface area contributed by atoms with E-state index in [4.69, 9.17) is 0 Å². The summed E-state index contributed by atoms with van der Waals surface area (Å²) in [6, 6.07) is 22.3. The van der Waals surface area contributed by atoms with E-state index in [-0.39, 0.29) is 30.5 Å². The molecule has 0 radical (unpaired) electrons. The number of aromatic hydroxyl groups is 1. The summed E-state index contributed by atoms with van der Waals surface area (Å²) in [6.45, 7) is 5.71. The van der Waals surface area contributed by atoms with Gasteiger partial charge in [-0.05, 0) is 55.2 Å². The first-order valence-corrected chi connectivity index (χ1v) is 14.3. The van der Waals surface area contributed by atoms with Crippen LogP contribution >= 0.6 is 0 Å². The first kappa shape index (κ1) is 26.7. The lowest BCUT2D eigenvalue weighted by Gasteiger charge is -2.47. The minimum Gasteiger partial charge on any atom is -0.507 e. The normalized spacial score (nSPS) is 24.3. The van der Waals surface area contributed by atoms with Crippen molar-refractivity contribution in [3.63, 3.8) is 0 Å². The van der Waals surface area contributed by atoms with Crippen LogP contribution < -0.4 is 16.3 Å². The number of para-hydroxylation sites is 3. The number of hydrogen-bond donors (Lipinski definition) is 1. The SMILES string of the molecule is C=CCc1cccc([C@H]2C3=CCn4c(=O)n(-c5ccccc5)c(=O)n4[C@@H]3C[C@H]3C(=O)N(c4ccccc4)C(=O)[C@@]23C)c1O. The molecule has 0 spiro atoms. The lowest BCUT2D eigenvalue weighted by atomic mass is 9.56. The third-order valence-electron chi connectivity index (χ3n) is 9.39. The Morgan fingerprint density at radius 2 is 1.58 bits per heavy atom. The van der Waals surface area contributed by atoms with Gasteiger partial charge in [0.15, 0.2) is 0 Å². The van der Waals surface area contributed by atoms with E-state index >= 15 is 0 Å². The number of allylic oxidation sites excluding steroid dienone is 3. The van der Waals surface area contributed by atoms with Crippen LogP contribution in [0.15, 0.2) is 113 Å². The number of phenolic OH excluding ortho intramolecular Hbond substituents is 1. The molecule has 4 atom stereocenters. The molecule has 0 bridgehead atoms. The average Bonchev–Trinajstić information content (AvgIpc) is 3.39. The monoisotopic (exact) mass is 574 g/mol. The predicted molar refractivity (Wildman–Crippen MR) is 161 cm³/mol. The summed E-state index contributed by atoms with van der Waals surface area (Å²) in [5, 5.41) is 11.6. The van der Waals surface area contributed by atoms with Crippen molar-refractivity contribution in [3.8, 4) is 11.4 Å². The second kappa shape index (κ2) is 9.69. The van der Waals surface area contributed by atoms with Gasteiger partial charge in [-0.3, -0.25) is 9.59 Å². The Balaban J connectivity index is 1.46. The van der Waals surface area contributed by atoms with Crippen LogP contribution in [-0.4, -0.2) is 30.9 Å². The summed E-state index contributed by atoms with van der Waals surface area (Å²) in [7, 11) is 0. The molecule has 1 aliphatic carbocycles. The standard InChI is InChI=1S/C34H30N4O5/c1-3-11-21-12-10-17-25(29(21)39)28-24-18-19-35-32(42)37(23-15-8-5-9-16-23)33(43)38(35)27(24)20-26-30(40)36(31(41)34(26,28)2)22-13-6-4-7-14-22/h3-10,12-18,26-28,39H,1,11,19-20H2,2H3/t26-,27+,28+,34+/m0/s1. The second-order valence-electron chi connectivity index (χ2n) is 11.5. The molecule has 3 aliphatic rings. The largest absolute Gasteiger partial charge is 0.507 e. The summed E-state index contributed by atoms with van der Waals surface area (Å²) in [6.07, 6.45) is 4.14. The quantitative estimate of drug-likeness (QED) is 0.285. The van der Waals surface area contributed by atoms with Gasteiger partial charge in [-0.1, -0.05) is 66.7 Å². The van der Waals surface area contributed by atoms with Crippen LogP contribution in [0.1, 0.15) is 36.4 Å². The highest BCUT2D eigenvalue weighted by Crippen LogP contribution is 2.62. The minimum absolute atomic E-state index is 0.0319. The maximum atomic E-state index is 14.5. The summed E-state index contributed by atoms with van der Waals surface area (Å²) in [5.41, 5.74) is 0.543. The summed E-state index contributed by atoms with van der Waals surface area (Å²) in [4.78, 5) is 57.5. The Bertz CT molecular complexity index is 1950. The molecule has 2 fully saturated rings. The molecule has 43 heavy (non-hydrogen) atoms. The van der Waals surface area contributed by atoms with Gasteiger partial charge in [0.25, 0.3) is 0 Å². The third kappa shape index (κ3) is 3.64. The van der Waals surface area contributed by atoms with Gasteiger partial charge in [-0.25, -0.2) is 28.4 Å². The predicted octanol–water partition coefficient (Wildman–Crippen LogP) is 4.10. The number of carbonyl (C=O) groups excluding carboxylic acids is 2. The van der Waals surface area contributed by atoms with Crippen molar-refractivity contribution in [1.29, 1.82) is 0 Å². The Hall–Kier alpha value is -5.18. The Labute approximate surface area is 247 Å². The molecule has 0 unspecified atom stereocenters. The first-order chi connectivity index (χ1) is 20.8. The zero-order valence-electron chi connectivity index (χ0n) is 23.6. The van der Waals surface area contributed by atoms with E-state index in [0.29, 0.717) is 28.9 Å². The minimum atomic E-state index is -1.26. The number of benzene rings is 3. The molecule has 2 amide bonds. The van der Waals surface area contributed by atoms with E-state index < -0.39 is 34.7 Å². The molecule has 3 aromatic carbocycles. The lowest BCUT2D eigenvalue weighted by Crippen LogP contribution is -2.49. The van der Waals surface area contributed by atoms with Crippen molar-refractivity contribution in [3.05, 3.63) is 135 Å². The smallest absolute Gasteiger partial charge is 0.352 e. The summed E-state index contributed by atoms with van der Waals surface area (Å²) in [5.74, 6) is -2.24. The van der Waals surface area contributed by atoms with E-state index in [9.17, 15) is 24.3 Å². The van der Waals surface area contributed by atoms with Crippen LogP contribution in [0.25, 0.3) is 5.69 Å². The van der Waals surface area contributed by atoms with Crippen LogP contribution in [-0.2, 0) is 22.6 Å². The zero-order chi connectivity index (χ0) is 30.0. The van der Waals surface area contributed by atoms with Gasteiger partial charge in [0, 0.05) is 11.5 Å². The van der Waals surface area contributed by atoms with Crippen molar-refractivity contribution >= 4 is 17.5 Å². The van der Waals surface area contributed by atoms with Gasteiger partial charge in [0.1, 0.15) is 5.75 Å². The van der Waals surface area contributed by atoms with Crippen molar-refractivity contribution in [1.82, 2.24) is 13.9 Å². The topological polar surface area (TPSA) is 107 Å². The number of fused-ring (bicyclic) bond motifs is 4. The average molecular weight is 575 g/mol. The number of rotatable bonds is 5. The van der Waals surface area contributed by atoms with Crippen molar-refractivity contribution < 1.29 is 14.7 Å². The first-order valence-electron chi connectivity index (χ1n) is 14.3. The summed E-state index contributed by atoms with van der Waals surface area (Å²) >= 11 is 0. The second-order valence-corrected chi connectivity index (χ2v) is 11.5. The lowest BCUT2D eigenvalue weighted by molar-refractivity contribution is -0.129. The highest BCUT2D eigenvalue weighted by molar-refractivity contribution is 6.24. The van der Waals surface area contributed by atoms with Crippen LogP contribution in [0.3, 0.4) is 0 Å². The highest BCUT2D eigenvalue weighted by Gasteiger charge is 2.65. The van der Waals surface area contributed by atoms with E-state index in [1.807, 2.05) is 24.3 Å². The van der Waals surface area contributed by atoms with E-state index in [1.165, 1.54) is 14.3 Å². The molecule has 9 nitrogen and oxygen atoms in total. The Morgan fingerprint density at radius 1 is 0.907 bits per heavy atom. The molecule has 1 saturated carbocycles. The van der Waals surface area contributed by atoms with Crippen molar-refractivity contribution in [2.24, 2.45) is 11.3 Å². The molecule has 1 aromatic heterocycles. The Kier molecular flexibility index (Phi) is 6.02. The molecular formula is C34H30N4O5. The van der Waals surface area contributed by atoms with Crippen LogP contribution in [0, 0.1) is 11.3 Å². The fourth-order valence-corrected chi connectivity index (χ4v) is 7.41. The molecule has 1 saturated heterocycles. The van der Waals surface area contributed by atoms with Gasteiger partial charge >= 0.3 is 11.4 Å². The van der Waals surface area contributed by atoms with Crippen LogP contribution in [0.4, 0.5) is 5.69 Å². The number of anilines is 1. The fraction of sp³-hybridized carbons (Fsp3) is 0.235. The molecule has 2 aliphatic heterocycles. The molecular weight excluding hydrogens is 544 g/mol. The van der Waals surface area contributed by atoms with Crippen LogP contribution in [0.5, 0.6) is 5.75 Å². The zero-order valence-corrected chi connectivity index (χ0v) is 23.6. The highest BCUT2D eigenvalue weighted by atomic mass is 16.3. The van der Waals surface area contributed by atoms with E-state index in [0.717, 1.165) is 10.1 Å². The van der Waals surface area contributed by atoms with Crippen LogP contribution in [0.2, 0.25) is 0 Å². The Morgan fingerprint density at radius 3 is 2.26 bits per heavy atom. The summed E-state index contributed by atoms with van der Waals surface area (Å²) < 4.78 is 3.97. The number of imide groups is 1. The number of aromatic nitrogens is 3. The number of carbonyl (C=O) groups is 2. The number of amides is 2. The molecule has 3 heterocycles. The maximum Gasteiger partial charge on any atom is 0.352 e. The molecule has 216 valence electrons. The molecule has 1 N–H and O–H groups in total. The van der Waals surface area contributed by atoms with Crippen molar-refractivity contribution in [2.75, 3.05) is 4.90 Å². The van der Waals surface area contributed by atoms with Gasteiger partial charge < -0.3 is 5.11 Å². The number of phenols is 1. The van der Waals surface area contributed by atoms with Gasteiger partial charge in [-0.15, -0.1) is 6.58 Å². The van der Waals surface area contributed by atoms with Gasteiger partial charge in [-0.2, -0.15) is 0 Å². The molecule has 4 aromatic rings. The molecule has 9 heteroatoms. The van der Waals surface area contributed by atoms with Gasteiger partial charge in [0.2, 0.25) is 11.8 Å². The maximum absolute atomic E-state index is 14.5. The number of nitrogens with zero attached hydrogens (tertiary/aromatic N) is 4. The fourth-order valence-electron chi connectivity index (χ4n) is 7.41. The van der Waals surface area contributed by atoms with E-state index in [2.05, 4.69) is 6.58 Å². The van der Waals surface area contributed by atoms with Crippen molar-refractivity contribution in [2.45, 2.75) is 38.3 Å². The molecule has 7 rings (SSSR count).